The number of aromatic hydroxyl groups is 1. The summed E-state index contributed by atoms with van der Waals surface area (Å²) in [6, 6.07) is 13.4. The Kier molecular flexibility index (Phi) is 4.23. The van der Waals surface area contributed by atoms with E-state index in [4.69, 9.17) is 10.5 Å². The number of rotatable bonds is 4. The Bertz CT molecular complexity index is 1070. The van der Waals surface area contributed by atoms with Crippen LogP contribution in [-0.2, 0) is 4.79 Å². The summed E-state index contributed by atoms with van der Waals surface area (Å²) in [5.41, 5.74) is 8.25. The summed E-state index contributed by atoms with van der Waals surface area (Å²) in [6.07, 6.45) is 0. The molecule has 0 fully saturated rings. The molecule has 2 aromatic carbocycles. The van der Waals surface area contributed by atoms with Crippen molar-refractivity contribution < 1.29 is 14.6 Å². The number of carbonyl (C=O) groups is 1. The number of ether oxygens (including phenoxy) is 1. The number of amides is 1. The topological polar surface area (TPSA) is 115 Å². The van der Waals surface area contributed by atoms with Crippen LogP contribution in [0.5, 0.6) is 11.5 Å². The minimum atomic E-state index is -0.547. The van der Waals surface area contributed by atoms with E-state index < -0.39 is 11.9 Å². The number of nitrogens with one attached hydrogen (secondary N) is 1. The Morgan fingerprint density at radius 1 is 1.18 bits per heavy atom. The van der Waals surface area contributed by atoms with Gasteiger partial charge >= 0.3 is 0 Å². The van der Waals surface area contributed by atoms with Gasteiger partial charge in [0.2, 0.25) is 11.9 Å². The maximum atomic E-state index is 12.2. The molecule has 1 atom stereocenters. The van der Waals surface area contributed by atoms with Crippen molar-refractivity contribution in [1.29, 1.82) is 0 Å². The predicted molar refractivity (Wildman–Crippen MR) is 104 cm³/mol. The highest BCUT2D eigenvalue weighted by Gasteiger charge is 2.33. The monoisotopic (exact) mass is 377 g/mol. The summed E-state index contributed by atoms with van der Waals surface area (Å²) in [5.74, 6) is 1.34. The van der Waals surface area contributed by atoms with Crippen molar-refractivity contribution in [3.05, 3.63) is 65.4 Å². The molecule has 1 aliphatic heterocycles. The first-order valence-corrected chi connectivity index (χ1v) is 8.65. The molecule has 1 aromatic heterocycles. The van der Waals surface area contributed by atoms with Gasteiger partial charge in [-0.15, -0.1) is 5.10 Å². The first kappa shape index (κ1) is 17.6. The van der Waals surface area contributed by atoms with E-state index in [1.54, 1.807) is 43.0 Å². The molecule has 1 aliphatic rings. The molecule has 2 heterocycles. The third kappa shape index (κ3) is 2.94. The zero-order chi connectivity index (χ0) is 19.8. The lowest BCUT2D eigenvalue weighted by molar-refractivity contribution is -0.115. The number of phenols is 1. The molecule has 1 unspecified atom stereocenters. The lowest BCUT2D eigenvalue weighted by Gasteiger charge is -2.27. The highest BCUT2D eigenvalue weighted by atomic mass is 16.5. The lowest BCUT2D eigenvalue weighted by Crippen LogP contribution is -2.31. The van der Waals surface area contributed by atoms with Crippen LogP contribution in [0, 0.1) is 0 Å². The highest BCUT2D eigenvalue weighted by molar-refractivity contribution is 5.95. The van der Waals surface area contributed by atoms with E-state index in [1.165, 1.54) is 0 Å². The Hall–Kier alpha value is -3.81. The Labute approximate surface area is 161 Å². The zero-order valence-corrected chi connectivity index (χ0v) is 15.4. The molecule has 3 aromatic rings. The standard InChI is InChI=1S/C20H19N5O3/c1-11-16(18(21)27)17(12-3-7-14(26)8-4-12)25-20(22-11)23-19(24-25)13-5-9-15(28-2)10-6-13/h3-10,17,26H,1-2H3,(H2,21,27)(H,22,23,24). The first-order chi connectivity index (χ1) is 13.5. The van der Waals surface area contributed by atoms with Crippen LogP contribution in [-0.4, -0.2) is 32.9 Å². The van der Waals surface area contributed by atoms with Crippen LogP contribution in [0.4, 0.5) is 5.95 Å². The molecule has 0 saturated heterocycles. The van der Waals surface area contributed by atoms with Crippen LogP contribution in [0.25, 0.3) is 11.4 Å². The number of benzene rings is 2. The lowest BCUT2D eigenvalue weighted by atomic mass is 9.95. The third-order valence-corrected chi connectivity index (χ3v) is 4.68. The summed E-state index contributed by atoms with van der Waals surface area (Å²) >= 11 is 0. The Morgan fingerprint density at radius 3 is 2.46 bits per heavy atom. The number of nitrogens with two attached hydrogens (primary N) is 1. The quantitative estimate of drug-likeness (QED) is 0.643. The predicted octanol–water partition coefficient (Wildman–Crippen LogP) is 2.43. The molecule has 0 spiro atoms. The Balaban J connectivity index is 1.83. The Morgan fingerprint density at radius 2 is 1.86 bits per heavy atom. The molecule has 0 bridgehead atoms. The molecular formula is C20H19N5O3. The minimum Gasteiger partial charge on any atom is -0.508 e. The van der Waals surface area contributed by atoms with Crippen LogP contribution in [0.1, 0.15) is 18.5 Å². The van der Waals surface area contributed by atoms with Crippen molar-refractivity contribution >= 4 is 11.9 Å². The van der Waals surface area contributed by atoms with Crippen LogP contribution in [0.2, 0.25) is 0 Å². The summed E-state index contributed by atoms with van der Waals surface area (Å²) < 4.78 is 6.83. The number of allylic oxidation sites excluding steroid dienone is 1. The average Bonchev–Trinajstić information content (AvgIpc) is 3.11. The third-order valence-electron chi connectivity index (χ3n) is 4.68. The van der Waals surface area contributed by atoms with E-state index in [0.29, 0.717) is 23.0 Å². The van der Waals surface area contributed by atoms with Gasteiger partial charge < -0.3 is 20.9 Å². The van der Waals surface area contributed by atoms with E-state index in [2.05, 4.69) is 15.4 Å². The van der Waals surface area contributed by atoms with Gasteiger partial charge in [0, 0.05) is 11.3 Å². The van der Waals surface area contributed by atoms with Crippen molar-refractivity contribution in [2.75, 3.05) is 12.4 Å². The number of fused-ring (bicyclic) bond motifs is 1. The number of anilines is 1. The van der Waals surface area contributed by atoms with Gasteiger partial charge in [0.25, 0.3) is 0 Å². The van der Waals surface area contributed by atoms with Crippen LogP contribution < -0.4 is 15.8 Å². The van der Waals surface area contributed by atoms with E-state index in [1.807, 2.05) is 24.3 Å². The van der Waals surface area contributed by atoms with E-state index >= 15 is 0 Å². The number of aromatic nitrogens is 3. The van der Waals surface area contributed by atoms with Gasteiger partial charge in [0.05, 0.1) is 12.7 Å². The van der Waals surface area contributed by atoms with Crippen LogP contribution in [0.3, 0.4) is 0 Å². The smallest absolute Gasteiger partial charge is 0.248 e. The molecule has 0 aliphatic carbocycles. The number of carbonyl (C=O) groups excluding carboxylic acids is 1. The van der Waals surface area contributed by atoms with E-state index in [-0.39, 0.29) is 5.75 Å². The van der Waals surface area contributed by atoms with Crippen molar-refractivity contribution in [3.63, 3.8) is 0 Å². The molecule has 0 radical (unpaired) electrons. The molecule has 8 nitrogen and oxygen atoms in total. The molecular weight excluding hydrogens is 358 g/mol. The number of phenolic OH excluding ortho intramolecular Hbond substituents is 1. The molecule has 8 heteroatoms. The molecule has 1 amide bonds. The molecule has 4 rings (SSSR count). The van der Waals surface area contributed by atoms with Gasteiger partial charge in [-0.1, -0.05) is 12.1 Å². The number of primary amides is 1. The maximum Gasteiger partial charge on any atom is 0.248 e. The number of nitrogens with zero attached hydrogens (tertiary/aromatic N) is 3. The van der Waals surface area contributed by atoms with E-state index in [0.717, 1.165) is 16.9 Å². The molecule has 4 N–H and O–H groups in total. The van der Waals surface area contributed by atoms with Gasteiger partial charge in [-0.05, 0) is 48.9 Å². The number of hydrogen-bond acceptors (Lipinski definition) is 6. The summed E-state index contributed by atoms with van der Waals surface area (Å²) in [4.78, 5) is 16.8. The van der Waals surface area contributed by atoms with Crippen LogP contribution >= 0.6 is 0 Å². The van der Waals surface area contributed by atoms with Crippen molar-refractivity contribution in [3.8, 4) is 22.9 Å². The molecule has 0 saturated carbocycles. The van der Waals surface area contributed by atoms with E-state index in [9.17, 15) is 9.90 Å². The van der Waals surface area contributed by atoms with Crippen molar-refractivity contribution in [2.24, 2.45) is 5.73 Å². The second kappa shape index (κ2) is 6.73. The normalized spacial score (nSPS) is 15.7. The van der Waals surface area contributed by atoms with Crippen LogP contribution in [0.15, 0.2) is 59.8 Å². The van der Waals surface area contributed by atoms with Gasteiger partial charge in [0.15, 0.2) is 5.82 Å². The first-order valence-electron chi connectivity index (χ1n) is 8.65. The zero-order valence-electron chi connectivity index (χ0n) is 15.4. The molecule has 142 valence electrons. The second-order valence-corrected chi connectivity index (χ2v) is 6.45. The summed E-state index contributed by atoms with van der Waals surface area (Å²) in [7, 11) is 1.61. The number of hydrogen-bond donors (Lipinski definition) is 3. The van der Waals surface area contributed by atoms with Crippen molar-refractivity contribution in [2.45, 2.75) is 13.0 Å². The van der Waals surface area contributed by atoms with Gasteiger partial charge in [-0.25, -0.2) is 4.68 Å². The fourth-order valence-electron chi connectivity index (χ4n) is 3.30. The number of methoxy groups -OCH3 is 1. The second-order valence-electron chi connectivity index (χ2n) is 6.45. The van der Waals surface area contributed by atoms with Gasteiger partial charge in [-0.2, -0.15) is 4.98 Å². The largest absolute Gasteiger partial charge is 0.508 e. The summed E-state index contributed by atoms with van der Waals surface area (Å²) in [6.45, 7) is 1.78. The SMILES string of the molecule is COc1ccc(-c2nc3n(n2)C(c2ccc(O)cc2)C(C(N)=O)=C(C)N3)cc1. The fraction of sp³-hybridized carbons (Fsp3) is 0.150. The minimum absolute atomic E-state index is 0.136. The molecule has 28 heavy (non-hydrogen) atoms. The van der Waals surface area contributed by atoms with Crippen molar-refractivity contribution in [1.82, 2.24) is 14.8 Å². The van der Waals surface area contributed by atoms with Gasteiger partial charge in [-0.3, -0.25) is 4.79 Å². The summed E-state index contributed by atoms with van der Waals surface area (Å²) in [5, 5.41) is 17.3. The maximum absolute atomic E-state index is 12.2. The fourth-order valence-corrected chi connectivity index (χ4v) is 3.30. The van der Waals surface area contributed by atoms with Gasteiger partial charge in [0.1, 0.15) is 17.5 Å². The highest BCUT2D eigenvalue weighted by Crippen LogP contribution is 2.36. The average molecular weight is 377 g/mol.